The summed E-state index contributed by atoms with van der Waals surface area (Å²) in [7, 11) is 0. The zero-order valence-electron chi connectivity index (χ0n) is 11.3. The van der Waals surface area contributed by atoms with E-state index in [2.05, 4.69) is 5.32 Å². The van der Waals surface area contributed by atoms with Crippen molar-refractivity contribution in [2.75, 3.05) is 19.8 Å². The number of carbonyl (C=O) groups excluding carboxylic acids is 1. The van der Waals surface area contributed by atoms with E-state index in [0.29, 0.717) is 0 Å². The molecule has 0 heterocycles. The summed E-state index contributed by atoms with van der Waals surface area (Å²) < 4.78 is 0. The molecule has 0 radical (unpaired) electrons. The van der Waals surface area contributed by atoms with Crippen molar-refractivity contribution < 1.29 is 20.1 Å². The number of aliphatic hydroxyl groups excluding tert-OH is 3. The van der Waals surface area contributed by atoms with Crippen LogP contribution in [0.25, 0.3) is 0 Å². The largest absolute Gasteiger partial charge is 0.394 e. The molecule has 0 aliphatic heterocycles. The van der Waals surface area contributed by atoms with Gasteiger partial charge in [0.2, 0.25) is 5.91 Å². The Morgan fingerprint density at radius 3 is 1.95 bits per heavy atom. The van der Waals surface area contributed by atoms with E-state index in [-0.39, 0.29) is 5.91 Å². The van der Waals surface area contributed by atoms with Gasteiger partial charge in [0.15, 0.2) is 0 Å². The van der Waals surface area contributed by atoms with Crippen molar-refractivity contribution in [2.45, 2.75) is 24.8 Å². The van der Waals surface area contributed by atoms with Crippen LogP contribution < -0.4 is 5.32 Å². The Labute approximate surface area is 112 Å². The van der Waals surface area contributed by atoms with Crippen LogP contribution in [-0.2, 0) is 10.2 Å². The fourth-order valence-corrected chi connectivity index (χ4v) is 1.65. The summed E-state index contributed by atoms with van der Waals surface area (Å²) in [6.07, 6.45) is 0. The van der Waals surface area contributed by atoms with Crippen LogP contribution in [0.3, 0.4) is 0 Å². The molecular formula is C14H21NO4. The molecule has 0 fully saturated rings. The van der Waals surface area contributed by atoms with E-state index in [0.717, 1.165) is 5.56 Å². The van der Waals surface area contributed by atoms with Gasteiger partial charge in [-0.3, -0.25) is 4.79 Å². The lowest BCUT2D eigenvalue weighted by Crippen LogP contribution is -2.60. The molecule has 0 saturated heterocycles. The van der Waals surface area contributed by atoms with E-state index < -0.39 is 30.8 Å². The molecular weight excluding hydrogens is 246 g/mol. The second kappa shape index (κ2) is 6.14. The molecule has 0 unspecified atom stereocenters. The molecule has 0 bridgehead atoms. The number of amides is 1. The topological polar surface area (TPSA) is 89.8 Å². The SMILES string of the molecule is CC(C)(C(=O)NC(CO)(CO)CO)c1ccccc1. The lowest BCUT2D eigenvalue weighted by atomic mass is 9.83. The van der Waals surface area contributed by atoms with E-state index >= 15 is 0 Å². The van der Waals surface area contributed by atoms with Gasteiger partial charge >= 0.3 is 0 Å². The van der Waals surface area contributed by atoms with Crippen LogP contribution in [-0.4, -0.2) is 46.6 Å². The van der Waals surface area contributed by atoms with Crippen LogP contribution in [0.15, 0.2) is 30.3 Å². The van der Waals surface area contributed by atoms with Crippen molar-refractivity contribution in [1.29, 1.82) is 0 Å². The predicted molar refractivity (Wildman–Crippen MR) is 71.6 cm³/mol. The van der Waals surface area contributed by atoms with Gasteiger partial charge in [-0.2, -0.15) is 0 Å². The molecule has 0 atom stereocenters. The second-order valence-electron chi connectivity index (χ2n) is 5.20. The Hall–Kier alpha value is -1.43. The quantitative estimate of drug-likeness (QED) is 0.574. The highest BCUT2D eigenvalue weighted by atomic mass is 16.3. The smallest absolute Gasteiger partial charge is 0.230 e. The summed E-state index contributed by atoms with van der Waals surface area (Å²) in [5.41, 5.74) is -1.41. The Kier molecular flexibility index (Phi) is 5.05. The molecule has 106 valence electrons. The number of nitrogens with one attached hydrogen (secondary N) is 1. The van der Waals surface area contributed by atoms with Crippen molar-refractivity contribution >= 4 is 5.91 Å². The van der Waals surface area contributed by atoms with Gasteiger partial charge in [-0.1, -0.05) is 30.3 Å². The highest BCUT2D eigenvalue weighted by molar-refractivity contribution is 5.88. The minimum atomic E-state index is -1.40. The molecule has 19 heavy (non-hydrogen) atoms. The van der Waals surface area contributed by atoms with Gasteiger partial charge in [0, 0.05) is 0 Å². The Bertz CT molecular complexity index is 404. The number of hydrogen-bond donors (Lipinski definition) is 4. The summed E-state index contributed by atoms with van der Waals surface area (Å²) in [6, 6.07) is 9.19. The third-order valence-corrected chi connectivity index (χ3v) is 3.35. The Balaban J connectivity index is 2.94. The van der Waals surface area contributed by atoms with Crippen LogP contribution in [0.2, 0.25) is 0 Å². The number of hydrogen-bond acceptors (Lipinski definition) is 4. The minimum absolute atomic E-state index is 0.365. The first-order valence-corrected chi connectivity index (χ1v) is 6.12. The third kappa shape index (κ3) is 3.32. The first kappa shape index (κ1) is 15.6. The van der Waals surface area contributed by atoms with Gasteiger partial charge < -0.3 is 20.6 Å². The van der Waals surface area contributed by atoms with Crippen LogP contribution in [0, 0.1) is 0 Å². The van der Waals surface area contributed by atoms with E-state index in [4.69, 9.17) is 0 Å². The minimum Gasteiger partial charge on any atom is -0.394 e. The number of aliphatic hydroxyl groups is 3. The van der Waals surface area contributed by atoms with Gasteiger partial charge in [0.25, 0.3) is 0 Å². The van der Waals surface area contributed by atoms with E-state index in [1.165, 1.54) is 0 Å². The fraction of sp³-hybridized carbons (Fsp3) is 0.500. The van der Waals surface area contributed by atoms with Crippen LogP contribution >= 0.6 is 0 Å². The maximum Gasteiger partial charge on any atom is 0.230 e. The van der Waals surface area contributed by atoms with Crippen LogP contribution in [0.1, 0.15) is 19.4 Å². The van der Waals surface area contributed by atoms with Crippen LogP contribution in [0.4, 0.5) is 0 Å². The van der Waals surface area contributed by atoms with Gasteiger partial charge in [-0.15, -0.1) is 0 Å². The molecule has 1 aromatic rings. The monoisotopic (exact) mass is 267 g/mol. The van der Waals surface area contributed by atoms with E-state index in [9.17, 15) is 20.1 Å². The average molecular weight is 267 g/mol. The fourth-order valence-electron chi connectivity index (χ4n) is 1.65. The van der Waals surface area contributed by atoms with Gasteiger partial charge in [-0.25, -0.2) is 0 Å². The molecule has 0 spiro atoms. The molecule has 0 aliphatic rings. The molecule has 5 heteroatoms. The standard InChI is InChI=1S/C14H21NO4/c1-13(2,11-6-4-3-5-7-11)12(19)15-14(8-16,9-17)10-18/h3-7,16-18H,8-10H2,1-2H3,(H,15,19). The van der Waals surface area contributed by atoms with Crippen molar-refractivity contribution in [3.63, 3.8) is 0 Å². The average Bonchev–Trinajstić information content (AvgIpc) is 2.45. The molecule has 0 aromatic heterocycles. The third-order valence-electron chi connectivity index (χ3n) is 3.35. The first-order chi connectivity index (χ1) is 8.91. The zero-order valence-corrected chi connectivity index (χ0v) is 11.3. The summed E-state index contributed by atoms with van der Waals surface area (Å²) >= 11 is 0. The Morgan fingerprint density at radius 2 is 1.53 bits per heavy atom. The van der Waals surface area contributed by atoms with Gasteiger partial charge in [0.1, 0.15) is 5.54 Å². The maximum absolute atomic E-state index is 12.3. The zero-order chi connectivity index (χ0) is 14.5. The van der Waals surface area contributed by atoms with E-state index in [1.54, 1.807) is 13.8 Å². The first-order valence-electron chi connectivity index (χ1n) is 6.12. The molecule has 0 aliphatic carbocycles. The summed E-state index contributed by atoms with van der Waals surface area (Å²) in [5, 5.41) is 30.2. The van der Waals surface area contributed by atoms with Crippen molar-refractivity contribution in [3.05, 3.63) is 35.9 Å². The normalized spacial score (nSPS) is 12.3. The number of rotatable bonds is 6. The molecule has 5 nitrogen and oxygen atoms in total. The van der Waals surface area contributed by atoms with Gasteiger partial charge in [-0.05, 0) is 19.4 Å². The highest BCUT2D eigenvalue weighted by Crippen LogP contribution is 2.24. The number of benzene rings is 1. The summed E-state index contributed by atoms with van der Waals surface area (Å²) in [6.45, 7) is 1.90. The van der Waals surface area contributed by atoms with Crippen molar-refractivity contribution in [1.82, 2.24) is 5.32 Å². The molecule has 4 N–H and O–H groups in total. The van der Waals surface area contributed by atoms with Crippen LogP contribution in [0.5, 0.6) is 0 Å². The highest BCUT2D eigenvalue weighted by Gasteiger charge is 2.37. The molecule has 1 amide bonds. The molecule has 0 saturated carbocycles. The predicted octanol–water partition coefficient (Wildman–Crippen LogP) is -0.204. The second-order valence-corrected chi connectivity index (χ2v) is 5.20. The lowest BCUT2D eigenvalue weighted by molar-refractivity contribution is -0.130. The summed E-state index contributed by atoms with van der Waals surface area (Å²) in [5.74, 6) is -0.365. The molecule has 1 rings (SSSR count). The van der Waals surface area contributed by atoms with Gasteiger partial charge in [0.05, 0.1) is 25.2 Å². The van der Waals surface area contributed by atoms with Crippen molar-refractivity contribution in [3.8, 4) is 0 Å². The lowest BCUT2D eigenvalue weighted by Gasteiger charge is -2.33. The maximum atomic E-state index is 12.3. The van der Waals surface area contributed by atoms with E-state index in [1.807, 2.05) is 30.3 Å². The number of carbonyl (C=O) groups is 1. The molecule has 1 aromatic carbocycles. The summed E-state index contributed by atoms with van der Waals surface area (Å²) in [4.78, 5) is 12.3. The Morgan fingerprint density at radius 1 is 1.05 bits per heavy atom. The van der Waals surface area contributed by atoms with Crippen molar-refractivity contribution in [2.24, 2.45) is 0 Å².